The van der Waals surface area contributed by atoms with Crippen molar-refractivity contribution >= 4 is 11.5 Å². The van der Waals surface area contributed by atoms with Gasteiger partial charge >= 0.3 is 12.7 Å². The van der Waals surface area contributed by atoms with Crippen molar-refractivity contribution in [3.8, 4) is 11.5 Å². The molecule has 138 valence electrons. The first-order valence-corrected chi connectivity index (χ1v) is 7.62. The molecule has 0 amide bonds. The number of fused-ring (bicyclic) bond motifs is 2. The molecule has 0 spiro atoms. The van der Waals surface area contributed by atoms with E-state index in [0.717, 1.165) is 25.3 Å². The molecule has 10 heteroatoms. The van der Waals surface area contributed by atoms with Crippen molar-refractivity contribution in [1.29, 1.82) is 0 Å². The SMILES string of the molecule is FC(F)(F)Oc1cc2c(c(OC(F)(F)F)c1)N=C1CCCCCN1C2. The van der Waals surface area contributed by atoms with Crippen LogP contribution in [0.3, 0.4) is 0 Å². The molecular formula is C15H14F6N2O2. The van der Waals surface area contributed by atoms with E-state index in [-0.39, 0.29) is 17.8 Å². The summed E-state index contributed by atoms with van der Waals surface area (Å²) in [6, 6.07) is 1.62. The van der Waals surface area contributed by atoms with E-state index >= 15 is 0 Å². The number of hydrogen-bond acceptors (Lipinski definition) is 4. The Balaban J connectivity index is 2.03. The highest BCUT2D eigenvalue weighted by Gasteiger charge is 2.36. The second-order valence-electron chi connectivity index (χ2n) is 5.78. The van der Waals surface area contributed by atoms with Crippen LogP contribution in [0.15, 0.2) is 17.1 Å². The van der Waals surface area contributed by atoms with Gasteiger partial charge in [-0.15, -0.1) is 26.3 Å². The van der Waals surface area contributed by atoms with Gasteiger partial charge < -0.3 is 14.4 Å². The largest absolute Gasteiger partial charge is 0.573 e. The third-order valence-corrected chi connectivity index (χ3v) is 3.88. The molecule has 2 heterocycles. The Morgan fingerprint density at radius 2 is 1.64 bits per heavy atom. The first-order chi connectivity index (χ1) is 11.6. The van der Waals surface area contributed by atoms with Crippen LogP contribution in [0.25, 0.3) is 0 Å². The molecular weight excluding hydrogens is 354 g/mol. The van der Waals surface area contributed by atoms with Gasteiger partial charge in [0.25, 0.3) is 0 Å². The minimum absolute atomic E-state index is 0.0972. The quantitative estimate of drug-likeness (QED) is 0.696. The van der Waals surface area contributed by atoms with Crippen molar-refractivity contribution in [2.75, 3.05) is 6.54 Å². The molecule has 1 aromatic rings. The van der Waals surface area contributed by atoms with Crippen molar-refractivity contribution in [3.05, 3.63) is 17.7 Å². The van der Waals surface area contributed by atoms with Crippen molar-refractivity contribution in [2.24, 2.45) is 4.99 Å². The van der Waals surface area contributed by atoms with Crippen LogP contribution in [0.1, 0.15) is 31.2 Å². The van der Waals surface area contributed by atoms with Gasteiger partial charge in [-0.1, -0.05) is 6.42 Å². The van der Waals surface area contributed by atoms with Gasteiger partial charge in [-0.3, -0.25) is 0 Å². The fraction of sp³-hybridized carbons (Fsp3) is 0.533. The molecule has 0 radical (unpaired) electrons. The molecule has 0 N–H and O–H groups in total. The number of alkyl halides is 6. The summed E-state index contributed by atoms with van der Waals surface area (Å²) in [5.41, 5.74) is 0.103. The Labute approximate surface area is 139 Å². The standard InChI is InChI=1S/C15H14F6N2O2/c16-14(17,18)24-10-6-9-8-23-5-3-1-2-4-12(23)22-13(9)11(7-10)25-15(19,20)21/h6-7H,1-5,8H2. The van der Waals surface area contributed by atoms with Gasteiger partial charge in [0, 0.05) is 31.1 Å². The smallest absolute Gasteiger partial charge is 0.406 e. The van der Waals surface area contributed by atoms with E-state index in [0.29, 0.717) is 24.9 Å². The topological polar surface area (TPSA) is 34.1 Å². The zero-order valence-electron chi connectivity index (χ0n) is 12.9. The Hall–Kier alpha value is -2.13. The Morgan fingerprint density at radius 3 is 2.32 bits per heavy atom. The van der Waals surface area contributed by atoms with Gasteiger partial charge in [0.15, 0.2) is 5.75 Å². The first-order valence-electron chi connectivity index (χ1n) is 7.62. The number of amidine groups is 1. The maximum atomic E-state index is 12.6. The summed E-state index contributed by atoms with van der Waals surface area (Å²) < 4.78 is 82.9. The van der Waals surface area contributed by atoms with Crippen molar-refractivity contribution in [3.63, 3.8) is 0 Å². The van der Waals surface area contributed by atoms with Crippen molar-refractivity contribution in [1.82, 2.24) is 4.90 Å². The molecule has 2 aliphatic heterocycles. The molecule has 0 unspecified atom stereocenters. The van der Waals surface area contributed by atoms with E-state index in [1.807, 2.05) is 4.90 Å². The maximum absolute atomic E-state index is 12.6. The third-order valence-electron chi connectivity index (χ3n) is 3.88. The molecule has 1 aromatic carbocycles. The normalized spacial score (nSPS) is 18.0. The van der Waals surface area contributed by atoms with E-state index in [1.54, 1.807) is 0 Å². The lowest BCUT2D eigenvalue weighted by Crippen LogP contribution is -2.32. The predicted octanol–water partition coefficient (Wildman–Crippen LogP) is 4.90. The molecule has 0 bridgehead atoms. The minimum atomic E-state index is -5.05. The average molecular weight is 368 g/mol. The summed E-state index contributed by atoms with van der Waals surface area (Å²) in [7, 11) is 0. The summed E-state index contributed by atoms with van der Waals surface area (Å²) >= 11 is 0. The van der Waals surface area contributed by atoms with Crippen LogP contribution in [0.5, 0.6) is 11.5 Å². The number of rotatable bonds is 2. The number of nitrogens with zero attached hydrogens (tertiary/aromatic N) is 2. The highest BCUT2D eigenvalue weighted by molar-refractivity contribution is 5.88. The first kappa shape index (κ1) is 17.7. The van der Waals surface area contributed by atoms with Crippen molar-refractivity contribution in [2.45, 2.75) is 45.0 Å². The van der Waals surface area contributed by atoms with Crippen molar-refractivity contribution < 1.29 is 35.8 Å². The van der Waals surface area contributed by atoms with Crippen LogP contribution >= 0.6 is 0 Å². The fourth-order valence-corrected chi connectivity index (χ4v) is 2.96. The van der Waals surface area contributed by atoms with Crippen LogP contribution < -0.4 is 9.47 Å². The molecule has 0 aliphatic carbocycles. The van der Waals surface area contributed by atoms with Crippen LogP contribution in [-0.2, 0) is 6.54 Å². The molecule has 0 atom stereocenters. The predicted molar refractivity (Wildman–Crippen MR) is 75.8 cm³/mol. The number of halogens is 6. The molecule has 0 saturated carbocycles. The van der Waals surface area contributed by atoms with E-state index in [1.165, 1.54) is 0 Å². The number of aliphatic imine (C=N–C) groups is 1. The van der Waals surface area contributed by atoms with E-state index in [9.17, 15) is 26.3 Å². The van der Waals surface area contributed by atoms with Gasteiger partial charge in [0.1, 0.15) is 17.3 Å². The third kappa shape index (κ3) is 4.49. The summed E-state index contributed by atoms with van der Waals surface area (Å²) in [6.07, 6.45) is -6.76. The minimum Gasteiger partial charge on any atom is -0.406 e. The van der Waals surface area contributed by atoms with Gasteiger partial charge in [-0.25, -0.2) is 4.99 Å². The summed E-state index contributed by atoms with van der Waals surface area (Å²) in [6.45, 7) is 0.815. The Kier molecular flexibility index (Phi) is 4.46. The molecule has 1 saturated heterocycles. The lowest BCUT2D eigenvalue weighted by atomic mass is 10.1. The molecule has 4 nitrogen and oxygen atoms in total. The van der Waals surface area contributed by atoms with Crippen LogP contribution in [0.4, 0.5) is 32.0 Å². The summed E-state index contributed by atoms with van der Waals surface area (Å²) in [4.78, 5) is 6.10. The van der Waals surface area contributed by atoms with Gasteiger partial charge in [0.2, 0.25) is 0 Å². The van der Waals surface area contributed by atoms with E-state index in [2.05, 4.69) is 14.5 Å². The lowest BCUT2D eigenvalue weighted by Gasteiger charge is -2.30. The van der Waals surface area contributed by atoms with Gasteiger partial charge in [0.05, 0.1) is 0 Å². The second kappa shape index (κ2) is 6.30. The van der Waals surface area contributed by atoms with Crippen LogP contribution in [-0.4, -0.2) is 30.0 Å². The Morgan fingerprint density at radius 1 is 0.920 bits per heavy atom. The molecule has 0 aromatic heterocycles. The highest BCUT2D eigenvalue weighted by atomic mass is 19.4. The fourth-order valence-electron chi connectivity index (χ4n) is 2.96. The Bertz CT molecular complexity index is 684. The summed E-state index contributed by atoms with van der Waals surface area (Å²) in [5, 5.41) is 0. The second-order valence-corrected chi connectivity index (χ2v) is 5.78. The molecule has 3 rings (SSSR count). The highest BCUT2D eigenvalue weighted by Crippen LogP contribution is 2.43. The number of benzene rings is 1. The average Bonchev–Trinajstić information content (AvgIpc) is 2.66. The molecule has 2 aliphatic rings. The van der Waals surface area contributed by atoms with E-state index < -0.39 is 24.2 Å². The monoisotopic (exact) mass is 368 g/mol. The lowest BCUT2D eigenvalue weighted by molar-refractivity contribution is -0.276. The van der Waals surface area contributed by atoms with Crippen LogP contribution in [0, 0.1) is 0 Å². The van der Waals surface area contributed by atoms with Crippen LogP contribution in [0.2, 0.25) is 0 Å². The van der Waals surface area contributed by atoms with Gasteiger partial charge in [-0.2, -0.15) is 0 Å². The number of ether oxygens (including phenoxy) is 2. The summed E-state index contributed by atoms with van der Waals surface area (Å²) in [5.74, 6) is -0.930. The van der Waals surface area contributed by atoms with Gasteiger partial charge in [-0.05, 0) is 18.9 Å². The number of hydrogen-bond donors (Lipinski definition) is 0. The zero-order chi connectivity index (χ0) is 18.2. The maximum Gasteiger partial charge on any atom is 0.573 e. The van der Waals surface area contributed by atoms with E-state index in [4.69, 9.17) is 0 Å². The molecule has 1 fully saturated rings. The zero-order valence-corrected chi connectivity index (χ0v) is 12.9. The molecule has 25 heavy (non-hydrogen) atoms.